The number of hydrogen-bond acceptors (Lipinski definition) is 5. The summed E-state index contributed by atoms with van der Waals surface area (Å²) in [7, 11) is 0. The quantitative estimate of drug-likeness (QED) is 0.655. The van der Waals surface area contributed by atoms with Crippen molar-refractivity contribution in [2.24, 2.45) is 0 Å². The lowest BCUT2D eigenvalue weighted by Crippen LogP contribution is -2.52. The van der Waals surface area contributed by atoms with Crippen molar-refractivity contribution in [3.05, 3.63) is 31.0 Å². The number of oxazole rings is 1. The number of rotatable bonds is 3. The van der Waals surface area contributed by atoms with E-state index in [0.717, 1.165) is 0 Å². The Labute approximate surface area is 136 Å². The monoisotopic (exact) mass is 323 g/mol. The number of imide groups is 1. The highest BCUT2D eigenvalue weighted by molar-refractivity contribution is 6.03. The van der Waals surface area contributed by atoms with Crippen LogP contribution < -0.4 is 10.6 Å². The molecule has 3 amide bonds. The second kappa shape index (κ2) is 10.3. The predicted molar refractivity (Wildman–Crippen MR) is 86.8 cm³/mol. The highest BCUT2D eigenvalue weighted by atomic mass is 16.4. The summed E-state index contributed by atoms with van der Waals surface area (Å²) in [6, 6.07) is -0.710. The Hall–Kier alpha value is -2.44. The molecule has 2 heterocycles. The number of aromatic nitrogens is 1. The molecule has 23 heavy (non-hydrogen) atoms. The average Bonchev–Trinajstić information content (AvgIpc) is 3.04. The van der Waals surface area contributed by atoms with Crippen LogP contribution in [0.25, 0.3) is 0 Å². The fourth-order valence-corrected chi connectivity index (χ4v) is 1.72. The first-order valence-electron chi connectivity index (χ1n) is 7.57. The Balaban J connectivity index is 0.00000112. The maximum atomic E-state index is 11.9. The van der Waals surface area contributed by atoms with E-state index in [2.05, 4.69) is 28.8 Å². The second-order valence-electron chi connectivity index (χ2n) is 4.69. The van der Waals surface area contributed by atoms with Crippen LogP contribution in [0.1, 0.15) is 62.9 Å². The van der Waals surface area contributed by atoms with Gasteiger partial charge in [-0.25, -0.2) is 4.98 Å². The normalized spacial score (nSPS) is 16.5. The standard InChI is InChI=1S/C12H15N3O4.C2H6.C2H4/c1-6(2)12-13-5-8(19-12)11(18)14-7-3-4-9(16)15-10(7)17;2*1-2/h5-7H,3-4H2,1-2H3,(H,14,18)(H,15,16,17);1-2H3;1-2H2. The Morgan fingerprint density at radius 3 is 2.48 bits per heavy atom. The fraction of sp³-hybridized carbons (Fsp3) is 0.500. The minimum Gasteiger partial charge on any atom is -0.435 e. The van der Waals surface area contributed by atoms with Crippen molar-refractivity contribution < 1.29 is 18.8 Å². The predicted octanol–water partition coefficient (Wildman–Crippen LogP) is 2.16. The summed E-state index contributed by atoms with van der Waals surface area (Å²) in [6.45, 7) is 13.8. The third-order valence-electron chi connectivity index (χ3n) is 2.79. The van der Waals surface area contributed by atoms with Crippen LogP contribution in [0.2, 0.25) is 0 Å². The number of nitrogens with zero attached hydrogens (tertiary/aromatic N) is 1. The highest BCUT2D eigenvalue weighted by Crippen LogP contribution is 2.14. The summed E-state index contributed by atoms with van der Waals surface area (Å²) < 4.78 is 5.28. The number of carbonyl (C=O) groups excluding carboxylic acids is 3. The summed E-state index contributed by atoms with van der Waals surface area (Å²) in [4.78, 5) is 38.3. The summed E-state index contributed by atoms with van der Waals surface area (Å²) >= 11 is 0. The van der Waals surface area contributed by atoms with Crippen molar-refractivity contribution in [2.45, 2.75) is 52.5 Å². The molecular weight excluding hydrogens is 298 g/mol. The van der Waals surface area contributed by atoms with E-state index in [4.69, 9.17) is 4.42 Å². The van der Waals surface area contributed by atoms with Gasteiger partial charge in [-0.15, -0.1) is 13.2 Å². The lowest BCUT2D eigenvalue weighted by atomic mass is 10.1. The highest BCUT2D eigenvalue weighted by Gasteiger charge is 2.29. The van der Waals surface area contributed by atoms with Gasteiger partial charge in [-0.05, 0) is 6.42 Å². The Kier molecular flexibility index (Phi) is 9.22. The van der Waals surface area contributed by atoms with Crippen LogP contribution in [0.3, 0.4) is 0 Å². The van der Waals surface area contributed by atoms with E-state index in [0.29, 0.717) is 12.3 Å². The first kappa shape index (κ1) is 20.6. The van der Waals surface area contributed by atoms with Gasteiger partial charge in [-0.1, -0.05) is 27.7 Å². The largest absolute Gasteiger partial charge is 0.435 e. The molecule has 128 valence electrons. The van der Waals surface area contributed by atoms with Crippen molar-refractivity contribution >= 4 is 17.7 Å². The van der Waals surface area contributed by atoms with Gasteiger partial charge in [0, 0.05) is 12.3 Å². The van der Waals surface area contributed by atoms with Crippen LogP contribution in [0.5, 0.6) is 0 Å². The molecule has 0 saturated carbocycles. The number of hydrogen-bond donors (Lipinski definition) is 2. The van der Waals surface area contributed by atoms with Gasteiger partial charge in [0.15, 0.2) is 5.89 Å². The zero-order valence-corrected chi connectivity index (χ0v) is 14.1. The minimum atomic E-state index is -0.710. The third-order valence-corrected chi connectivity index (χ3v) is 2.79. The number of carbonyl (C=O) groups is 3. The molecule has 7 heteroatoms. The first-order valence-corrected chi connectivity index (χ1v) is 7.57. The molecule has 1 unspecified atom stereocenters. The molecule has 1 aromatic rings. The van der Waals surface area contributed by atoms with E-state index in [1.54, 1.807) is 0 Å². The van der Waals surface area contributed by atoms with Crippen LogP contribution in [-0.2, 0) is 9.59 Å². The maximum Gasteiger partial charge on any atom is 0.289 e. The molecule has 0 spiro atoms. The number of nitrogens with one attached hydrogen (secondary N) is 2. The van der Waals surface area contributed by atoms with Crippen LogP contribution in [0, 0.1) is 0 Å². The van der Waals surface area contributed by atoms with Crippen LogP contribution >= 0.6 is 0 Å². The van der Waals surface area contributed by atoms with Crippen LogP contribution in [0.15, 0.2) is 23.8 Å². The van der Waals surface area contributed by atoms with Gasteiger partial charge < -0.3 is 9.73 Å². The van der Waals surface area contributed by atoms with E-state index in [-0.39, 0.29) is 24.0 Å². The zero-order valence-electron chi connectivity index (χ0n) is 14.1. The summed E-state index contributed by atoms with van der Waals surface area (Å²) in [5.41, 5.74) is 0. The van der Waals surface area contributed by atoms with Gasteiger partial charge in [0.2, 0.25) is 17.6 Å². The van der Waals surface area contributed by atoms with Crippen molar-refractivity contribution in [1.82, 2.24) is 15.6 Å². The molecule has 0 aromatic carbocycles. The molecule has 2 N–H and O–H groups in total. The molecule has 0 bridgehead atoms. The average molecular weight is 323 g/mol. The Morgan fingerprint density at radius 1 is 1.39 bits per heavy atom. The van der Waals surface area contributed by atoms with Crippen molar-refractivity contribution in [3.63, 3.8) is 0 Å². The molecule has 1 aliphatic rings. The fourth-order valence-electron chi connectivity index (χ4n) is 1.72. The number of piperidine rings is 1. The van der Waals surface area contributed by atoms with E-state index < -0.39 is 17.9 Å². The molecule has 1 saturated heterocycles. The van der Waals surface area contributed by atoms with Gasteiger partial charge in [-0.2, -0.15) is 0 Å². The minimum absolute atomic E-state index is 0.0633. The van der Waals surface area contributed by atoms with Gasteiger partial charge in [0.25, 0.3) is 5.91 Å². The second-order valence-corrected chi connectivity index (χ2v) is 4.69. The lowest BCUT2D eigenvalue weighted by molar-refractivity contribution is -0.134. The zero-order chi connectivity index (χ0) is 18.0. The molecule has 2 rings (SSSR count). The van der Waals surface area contributed by atoms with Gasteiger partial charge in [-0.3, -0.25) is 19.7 Å². The lowest BCUT2D eigenvalue weighted by Gasteiger charge is -2.21. The summed E-state index contributed by atoms with van der Waals surface area (Å²) in [5.74, 6) is -0.710. The molecule has 7 nitrogen and oxygen atoms in total. The van der Waals surface area contributed by atoms with Gasteiger partial charge >= 0.3 is 0 Å². The molecule has 1 aliphatic heterocycles. The first-order chi connectivity index (χ1) is 11.0. The van der Waals surface area contributed by atoms with E-state index in [1.165, 1.54) is 6.20 Å². The molecule has 1 fully saturated rings. The maximum absolute atomic E-state index is 11.9. The Bertz CT molecular complexity index is 537. The van der Waals surface area contributed by atoms with Crippen LogP contribution in [0.4, 0.5) is 0 Å². The smallest absolute Gasteiger partial charge is 0.289 e. The molecule has 0 aliphatic carbocycles. The van der Waals surface area contributed by atoms with Gasteiger partial charge in [0.1, 0.15) is 6.04 Å². The SMILES string of the molecule is C=C.CC.CC(C)c1ncc(C(=O)NC2CCC(=O)NC2=O)o1. The molecule has 0 radical (unpaired) electrons. The Morgan fingerprint density at radius 2 is 2.00 bits per heavy atom. The molecule has 1 aromatic heterocycles. The van der Waals surface area contributed by atoms with Crippen molar-refractivity contribution in [2.75, 3.05) is 0 Å². The van der Waals surface area contributed by atoms with Crippen molar-refractivity contribution in [1.29, 1.82) is 0 Å². The van der Waals surface area contributed by atoms with Gasteiger partial charge in [0.05, 0.1) is 6.20 Å². The van der Waals surface area contributed by atoms with E-state index in [9.17, 15) is 14.4 Å². The summed E-state index contributed by atoms with van der Waals surface area (Å²) in [5, 5.41) is 4.69. The summed E-state index contributed by atoms with van der Waals surface area (Å²) in [6.07, 6.45) is 1.84. The van der Waals surface area contributed by atoms with Crippen LogP contribution in [-0.4, -0.2) is 28.7 Å². The van der Waals surface area contributed by atoms with Crippen molar-refractivity contribution in [3.8, 4) is 0 Å². The topological polar surface area (TPSA) is 101 Å². The molecular formula is C16H25N3O4. The van der Waals surface area contributed by atoms with E-state index in [1.807, 2.05) is 27.7 Å². The van der Waals surface area contributed by atoms with E-state index >= 15 is 0 Å². The third kappa shape index (κ3) is 6.06. The molecule has 1 atom stereocenters. The number of amides is 3.